The standard InChI is InChI=1S/C18H30N4O2S.HI/c1-6-19-17(22-13-18(2,3)25-5)21-12-11-20-16(23)14-7-9-15(24-4)10-8-14;/h7-10H,6,11-13H2,1-5H3,(H,20,23)(H2,19,21,22);1H. The van der Waals surface area contributed by atoms with Crippen LogP contribution in [-0.4, -0.2) is 56.2 Å². The van der Waals surface area contributed by atoms with Gasteiger partial charge in [0.1, 0.15) is 5.75 Å². The molecule has 26 heavy (non-hydrogen) atoms. The highest BCUT2D eigenvalue weighted by Crippen LogP contribution is 2.20. The fourth-order valence-electron chi connectivity index (χ4n) is 1.88. The highest BCUT2D eigenvalue weighted by atomic mass is 127. The zero-order chi connectivity index (χ0) is 18.7. The highest BCUT2D eigenvalue weighted by Gasteiger charge is 2.15. The average molecular weight is 494 g/mol. The summed E-state index contributed by atoms with van der Waals surface area (Å²) in [4.78, 5) is 16.7. The molecule has 0 radical (unpaired) electrons. The van der Waals surface area contributed by atoms with Crippen LogP contribution in [0, 0.1) is 0 Å². The van der Waals surface area contributed by atoms with E-state index in [0.29, 0.717) is 18.7 Å². The van der Waals surface area contributed by atoms with Crippen molar-refractivity contribution in [2.75, 3.05) is 39.5 Å². The maximum atomic E-state index is 12.1. The van der Waals surface area contributed by atoms with Crippen LogP contribution < -0.4 is 20.7 Å². The molecule has 1 aromatic carbocycles. The second-order valence-corrected chi connectivity index (χ2v) is 7.58. The van der Waals surface area contributed by atoms with Crippen LogP contribution in [0.5, 0.6) is 5.75 Å². The first-order valence-corrected chi connectivity index (χ1v) is 9.64. The number of thioether (sulfide) groups is 1. The molecule has 0 saturated carbocycles. The second kappa shape index (κ2) is 13.1. The normalized spacial score (nSPS) is 11.3. The third kappa shape index (κ3) is 9.51. The Hall–Kier alpha value is -1.16. The number of carbonyl (C=O) groups excluding carboxylic acids is 1. The lowest BCUT2D eigenvalue weighted by molar-refractivity contribution is 0.0954. The first kappa shape index (κ1) is 24.8. The van der Waals surface area contributed by atoms with Crippen LogP contribution in [0.4, 0.5) is 0 Å². The Bertz CT molecular complexity index is 565. The summed E-state index contributed by atoms with van der Waals surface area (Å²) < 4.78 is 5.19. The summed E-state index contributed by atoms with van der Waals surface area (Å²) in [6.07, 6.45) is 2.09. The van der Waals surface area contributed by atoms with E-state index in [0.717, 1.165) is 24.8 Å². The number of nitrogens with zero attached hydrogens (tertiary/aromatic N) is 1. The maximum Gasteiger partial charge on any atom is 0.251 e. The van der Waals surface area contributed by atoms with Crippen molar-refractivity contribution in [3.63, 3.8) is 0 Å². The quantitative estimate of drug-likeness (QED) is 0.213. The van der Waals surface area contributed by atoms with Gasteiger partial charge in [0.25, 0.3) is 5.91 Å². The minimum atomic E-state index is -0.102. The minimum Gasteiger partial charge on any atom is -0.497 e. The van der Waals surface area contributed by atoms with Crippen LogP contribution in [0.2, 0.25) is 0 Å². The molecule has 0 atom stereocenters. The third-order valence-corrected chi connectivity index (χ3v) is 4.80. The summed E-state index contributed by atoms with van der Waals surface area (Å²) in [6.45, 7) is 9.00. The Kier molecular flexibility index (Phi) is 12.5. The van der Waals surface area contributed by atoms with Crippen molar-refractivity contribution in [3.8, 4) is 5.75 Å². The van der Waals surface area contributed by atoms with Crippen LogP contribution in [0.25, 0.3) is 0 Å². The van der Waals surface area contributed by atoms with Gasteiger partial charge >= 0.3 is 0 Å². The predicted molar refractivity (Wildman–Crippen MR) is 122 cm³/mol. The van der Waals surface area contributed by atoms with Gasteiger partial charge in [-0.25, -0.2) is 0 Å². The third-order valence-electron chi connectivity index (χ3n) is 3.57. The van der Waals surface area contributed by atoms with Crippen molar-refractivity contribution < 1.29 is 9.53 Å². The lowest BCUT2D eigenvalue weighted by atomic mass is 10.2. The molecule has 3 N–H and O–H groups in total. The van der Waals surface area contributed by atoms with Crippen molar-refractivity contribution in [3.05, 3.63) is 29.8 Å². The Balaban J connectivity index is 0.00000625. The van der Waals surface area contributed by atoms with Crippen LogP contribution in [0.15, 0.2) is 29.3 Å². The molecule has 8 heteroatoms. The van der Waals surface area contributed by atoms with Crippen molar-refractivity contribution in [1.29, 1.82) is 0 Å². The fraction of sp³-hybridized carbons (Fsp3) is 0.556. The zero-order valence-electron chi connectivity index (χ0n) is 16.2. The minimum absolute atomic E-state index is 0. The lowest BCUT2D eigenvalue weighted by Crippen LogP contribution is -2.42. The van der Waals surface area contributed by atoms with E-state index in [4.69, 9.17) is 4.74 Å². The zero-order valence-corrected chi connectivity index (χ0v) is 19.4. The molecule has 148 valence electrons. The molecule has 0 aliphatic heterocycles. The molecule has 1 rings (SSSR count). The van der Waals surface area contributed by atoms with E-state index in [9.17, 15) is 4.79 Å². The van der Waals surface area contributed by atoms with Gasteiger partial charge in [0, 0.05) is 29.9 Å². The summed E-state index contributed by atoms with van der Waals surface area (Å²) >= 11 is 1.79. The van der Waals surface area contributed by atoms with Gasteiger partial charge in [0.15, 0.2) is 5.96 Å². The van der Waals surface area contributed by atoms with Gasteiger partial charge in [0.05, 0.1) is 13.7 Å². The van der Waals surface area contributed by atoms with Gasteiger partial charge < -0.3 is 20.7 Å². The molecule has 0 unspecified atom stereocenters. The van der Waals surface area contributed by atoms with Crippen molar-refractivity contribution in [2.45, 2.75) is 25.5 Å². The topological polar surface area (TPSA) is 74.8 Å². The molecule has 0 aliphatic rings. The summed E-state index contributed by atoms with van der Waals surface area (Å²) in [5.41, 5.74) is 0.614. The Morgan fingerprint density at radius 3 is 2.31 bits per heavy atom. The molecule has 0 saturated heterocycles. The number of hydrogen-bond acceptors (Lipinski definition) is 4. The molecule has 0 bridgehead atoms. The molecule has 0 aromatic heterocycles. The Morgan fingerprint density at radius 2 is 1.77 bits per heavy atom. The molecular weight excluding hydrogens is 463 g/mol. The van der Waals surface area contributed by atoms with Gasteiger partial charge in [-0.05, 0) is 51.3 Å². The number of halogens is 1. The first-order chi connectivity index (χ1) is 11.9. The van der Waals surface area contributed by atoms with E-state index in [1.54, 1.807) is 43.1 Å². The van der Waals surface area contributed by atoms with E-state index in [2.05, 4.69) is 41.0 Å². The lowest BCUT2D eigenvalue weighted by Gasteiger charge is -2.20. The van der Waals surface area contributed by atoms with Crippen molar-refractivity contribution in [1.82, 2.24) is 16.0 Å². The number of carbonyl (C=O) groups is 1. The van der Waals surface area contributed by atoms with Gasteiger partial charge in [-0.3, -0.25) is 9.79 Å². The molecule has 1 aromatic rings. The summed E-state index contributed by atoms with van der Waals surface area (Å²) in [6, 6.07) is 7.04. The number of benzene rings is 1. The van der Waals surface area contributed by atoms with Crippen molar-refractivity contribution in [2.24, 2.45) is 4.99 Å². The first-order valence-electron chi connectivity index (χ1n) is 8.41. The molecule has 0 aliphatic carbocycles. The monoisotopic (exact) mass is 494 g/mol. The Labute approximate surface area is 178 Å². The van der Waals surface area contributed by atoms with E-state index in [1.807, 2.05) is 6.92 Å². The van der Waals surface area contributed by atoms with Gasteiger partial charge in [-0.15, -0.1) is 24.0 Å². The average Bonchev–Trinajstić information content (AvgIpc) is 2.63. The molecule has 1 amide bonds. The summed E-state index contributed by atoms with van der Waals surface area (Å²) in [5, 5.41) is 9.34. The largest absolute Gasteiger partial charge is 0.497 e. The number of nitrogens with one attached hydrogen (secondary N) is 3. The molecule has 0 heterocycles. The van der Waals surface area contributed by atoms with Crippen LogP contribution in [0.1, 0.15) is 31.1 Å². The molecule has 0 fully saturated rings. The molecule has 0 spiro atoms. The highest BCUT2D eigenvalue weighted by molar-refractivity contribution is 14.0. The van der Waals surface area contributed by atoms with Crippen LogP contribution in [0.3, 0.4) is 0 Å². The number of ether oxygens (including phenoxy) is 1. The van der Waals surface area contributed by atoms with E-state index >= 15 is 0 Å². The van der Waals surface area contributed by atoms with Gasteiger partial charge in [0.2, 0.25) is 0 Å². The molecular formula is C18H31IN4O2S. The predicted octanol–water partition coefficient (Wildman–Crippen LogP) is 2.74. The van der Waals surface area contributed by atoms with Crippen LogP contribution >= 0.6 is 35.7 Å². The van der Waals surface area contributed by atoms with Gasteiger partial charge in [-0.1, -0.05) is 0 Å². The molecule has 6 nitrogen and oxygen atoms in total. The number of guanidine groups is 1. The van der Waals surface area contributed by atoms with E-state index in [-0.39, 0.29) is 34.6 Å². The number of hydrogen-bond donors (Lipinski definition) is 3. The smallest absolute Gasteiger partial charge is 0.251 e. The van der Waals surface area contributed by atoms with Crippen LogP contribution in [-0.2, 0) is 0 Å². The van der Waals surface area contributed by atoms with E-state index in [1.165, 1.54) is 0 Å². The fourth-order valence-corrected chi connectivity index (χ4v) is 2.07. The summed E-state index contributed by atoms with van der Waals surface area (Å²) in [7, 11) is 1.60. The summed E-state index contributed by atoms with van der Waals surface area (Å²) in [5.74, 6) is 1.40. The Morgan fingerprint density at radius 1 is 1.15 bits per heavy atom. The number of rotatable bonds is 9. The van der Waals surface area contributed by atoms with Crippen molar-refractivity contribution >= 4 is 47.6 Å². The SMILES string of the molecule is CCNC(=NCC(C)(C)SC)NCCNC(=O)c1ccc(OC)cc1.I. The number of aliphatic imine (C=N–C) groups is 1. The van der Waals surface area contributed by atoms with E-state index < -0.39 is 0 Å². The van der Waals surface area contributed by atoms with Gasteiger partial charge in [-0.2, -0.15) is 11.8 Å². The number of amides is 1. The second-order valence-electron chi connectivity index (χ2n) is 6.07. The number of methoxy groups -OCH3 is 1. The maximum absolute atomic E-state index is 12.1.